The molecule has 5 nitrogen and oxygen atoms in total. The number of rotatable bonds is 6. The van der Waals surface area contributed by atoms with Crippen LogP contribution in [0.2, 0.25) is 0 Å². The van der Waals surface area contributed by atoms with Crippen LogP contribution in [0.15, 0.2) is 54.6 Å². The first kappa shape index (κ1) is 17.4. The summed E-state index contributed by atoms with van der Waals surface area (Å²) >= 11 is 0. The largest absolute Gasteiger partial charge is 0.388 e. The van der Waals surface area contributed by atoms with Crippen LogP contribution >= 0.6 is 0 Å². The van der Waals surface area contributed by atoms with Gasteiger partial charge in [0.2, 0.25) is 5.91 Å². The van der Waals surface area contributed by atoms with Crippen molar-refractivity contribution in [2.45, 2.75) is 26.3 Å². The van der Waals surface area contributed by atoms with E-state index in [-0.39, 0.29) is 17.6 Å². The van der Waals surface area contributed by atoms with Crippen LogP contribution in [0.25, 0.3) is 0 Å². The summed E-state index contributed by atoms with van der Waals surface area (Å²) in [6, 6.07) is 8.12. The first-order valence-electron chi connectivity index (χ1n) is 6.73. The fraction of sp³-hybridized carbons (Fsp3) is 0.235. The Morgan fingerprint density at radius 2 is 1.68 bits per heavy atom. The van der Waals surface area contributed by atoms with Crippen molar-refractivity contribution >= 4 is 17.8 Å². The van der Waals surface area contributed by atoms with Crippen LogP contribution in [-0.2, 0) is 25.5 Å². The molecule has 116 valence electrons. The van der Waals surface area contributed by atoms with E-state index in [1.54, 1.807) is 0 Å². The van der Waals surface area contributed by atoms with Gasteiger partial charge in [0.05, 0.1) is 0 Å². The molecule has 1 atom stereocenters. The number of benzene rings is 1. The highest BCUT2D eigenvalue weighted by Gasteiger charge is 2.25. The zero-order valence-electron chi connectivity index (χ0n) is 12.7. The second-order valence-corrected chi connectivity index (χ2v) is 4.98. The van der Waals surface area contributed by atoms with Gasteiger partial charge in [0.1, 0.15) is 6.04 Å². The standard InChI is InChI=1S/C17H19NO4/c1-11(2)15(19)18-14(10-13-8-6-5-7-9-13)17(21)22-16(20)12(3)4/h5-9,14H,1,3,10H2,2,4H3,(H,18,19)/t14-/m0/s1. The maximum atomic E-state index is 12.1. The minimum atomic E-state index is -0.977. The molecule has 0 unspecified atom stereocenters. The number of esters is 2. The van der Waals surface area contributed by atoms with Crippen LogP contribution in [0.4, 0.5) is 0 Å². The van der Waals surface area contributed by atoms with Gasteiger partial charge in [0.25, 0.3) is 0 Å². The molecule has 0 aliphatic heterocycles. The molecule has 0 bridgehead atoms. The van der Waals surface area contributed by atoms with Crippen LogP contribution in [0.3, 0.4) is 0 Å². The molecule has 0 aromatic heterocycles. The number of ether oxygens (including phenoxy) is 1. The number of carbonyl (C=O) groups excluding carboxylic acids is 3. The lowest BCUT2D eigenvalue weighted by atomic mass is 10.1. The molecule has 0 fully saturated rings. The van der Waals surface area contributed by atoms with Gasteiger partial charge in [-0.05, 0) is 19.4 Å². The van der Waals surface area contributed by atoms with E-state index < -0.39 is 23.9 Å². The van der Waals surface area contributed by atoms with Crippen molar-refractivity contribution in [2.24, 2.45) is 0 Å². The van der Waals surface area contributed by atoms with Gasteiger partial charge in [-0.1, -0.05) is 43.5 Å². The van der Waals surface area contributed by atoms with Crippen molar-refractivity contribution in [1.82, 2.24) is 5.32 Å². The topological polar surface area (TPSA) is 72.5 Å². The molecular formula is C17H19NO4. The Balaban J connectivity index is 2.88. The van der Waals surface area contributed by atoms with Crippen LogP contribution in [0, 0.1) is 0 Å². The van der Waals surface area contributed by atoms with Gasteiger partial charge in [-0.15, -0.1) is 0 Å². The first-order valence-corrected chi connectivity index (χ1v) is 6.73. The molecular weight excluding hydrogens is 282 g/mol. The predicted octanol–water partition coefficient (Wildman–Crippen LogP) is 1.94. The Bertz CT molecular complexity index is 604. The Labute approximate surface area is 129 Å². The van der Waals surface area contributed by atoms with Gasteiger partial charge in [-0.3, -0.25) is 4.79 Å². The minimum absolute atomic E-state index is 0.109. The Kier molecular flexibility index (Phi) is 6.25. The molecule has 0 heterocycles. The second kappa shape index (κ2) is 7.93. The Morgan fingerprint density at radius 1 is 1.09 bits per heavy atom. The molecule has 0 spiro atoms. The molecule has 22 heavy (non-hydrogen) atoms. The molecule has 1 aromatic carbocycles. The van der Waals surface area contributed by atoms with Crippen molar-refractivity contribution in [3.05, 3.63) is 60.2 Å². The minimum Gasteiger partial charge on any atom is -0.388 e. The highest BCUT2D eigenvalue weighted by atomic mass is 16.6. The summed E-state index contributed by atoms with van der Waals surface area (Å²) < 4.78 is 4.71. The van der Waals surface area contributed by atoms with Gasteiger partial charge in [-0.2, -0.15) is 0 Å². The molecule has 0 saturated heterocycles. The molecule has 0 aliphatic rings. The maximum absolute atomic E-state index is 12.1. The molecule has 1 rings (SSSR count). The third-order valence-corrected chi connectivity index (χ3v) is 2.80. The summed E-state index contributed by atoms with van der Waals surface area (Å²) in [5.41, 5.74) is 1.20. The number of hydrogen-bond acceptors (Lipinski definition) is 4. The molecule has 0 saturated carbocycles. The normalized spacial score (nSPS) is 11.2. The fourth-order valence-corrected chi connectivity index (χ4v) is 1.57. The third kappa shape index (κ3) is 5.36. The van der Waals surface area contributed by atoms with Crippen molar-refractivity contribution in [3.63, 3.8) is 0 Å². The summed E-state index contributed by atoms with van der Waals surface area (Å²) in [7, 11) is 0. The van der Waals surface area contributed by atoms with E-state index in [1.807, 2.05) is 30.3 Å². The molecule has 0 aliphatic carbocycles. The SMILES string of the molecule is C=C(C)C(=O)N[C@@H](Cc1ccccc1)C(=O)OC(=O)C(=C)C. The lowest BCUT2D eigenvalue weighted by Gasteiger charge is -2.17. The summed E-state index contributed by atoms with van der Waals surface area (Å²) in [6.07, 6.45) is 0.210. The second-order valence-electron chi connectivity index (χ2n) is 4.98. The van der Waals surface area contributed by atoms with Gasteiger partial charge in [-0.25, -0.2) is 9.59 Å². The predicted molar refractivity (Wildman–Crippen MR) is 82.8 cm³/mol. The van der Waals surface area contributed by atoms with Crippen LogP contribution in [0.5, 0.6) is 0 Å². The van der Waals surface area contributed by atoms with Gasteiger partial charge >= 0.3 is 11.9 Å². The van der Waals surface area contributed by atoms with Gasteiger partial charge in [0, 0.05) is 17.6 Å². The molecule has 1 amide bonds. The van der Waals surface area contributed by atoms with E-state index in [0.29, 0.717) is 0 Å². The summed E-state index contributed by atoms with van der Waals surface area (Å²) in [4.78, 5) is 35.3. The number of amides is 1. The van der Waals surface area contributed by atoms with Crippen molar-refractivity contribution in [1.29, 1.82) is 0 Å². The first-order chi connectivity index (χ1) is 10.3. The van der Waals surface area contributed by atoms with E-state index in [4.69, 9.17) is 4.74 Å². The average molecular weight is 301 g/mol. The van der Waals surface area contributed by atoms with Gasteiger partial charge < -0.3 is 10.1 Å². The summed E-state index contributed by atoms with van der Waals surface area (Å²) in [6.45, 7) is 9.90. The number of carbonyl (C=O) groups is 3. The smallest absolute Gasteiger partial charge is 0.340 e. The van der Waals surface area contributed by atoms with E-state index in [1.165, 1.54) is 13.8 Å². The summed E-state index contributed by atoms with van der Waals surface area (Å²) in [5, 5.41) is 2.51. The van der Waals surface area contributed by atoms with Crippen LogP contribution in [0.1, 0.15) is 19.4 Å². The highest BCUT2D eigenvalue weighted by molar-refractivity contribution is 5.99. The van der Waals surface area contributed by atoms with Crippen LogP contribution < -0.4 is 5.32 Å². The summed E-state index contributed by atoms with van der Waals surface area (Å²) in [5.74, 6) is -2.11. The number of hydrogen-bond donors (Lipinski definition) is 1. The molecule has 1 aromatic rings. The molecule has 5 heteroatoms. The lowest BCUT2D eigenvalue weighted by Crippen LogP contribution is -2.44. The van der Waals surface area contributed by atoms with Crippen molar-refractivity contribution in [3.8, 4) is 0 Å². The zero-order chi connectivity index (χ0) is 16.7. The van der Waals surface area contributed by atoms with Crippen LogP contribution in [-0.4, -0.2) is 23.9 Å². The average Bonchev–Trinajstić information content (AvgIpc) is 2.47. The fourth-order valence-electron chi connectivity index (χ4n) is 1.57. The van der Waals surface area contributed by atoms with Gasteiger partial charge in [0.15, 0.2) is 0 Å². The maximum Gasteiger partial charge on any atom is 0.340 e. The Hall–Kier alpha value is -2.69. The van der Waals surface area contributed by atoms with E-state index in [0.717, 1.165) is 5.56 Å². The number of nitrogens with one attached hydrogen (secondary N) is 1. The Morgan fingerprint density at radius 3 is 2.18 bits per heavy atom. The molecule has 0 radical (unpaired) electrons. The lowest BCUT2D eigenvalue weighted by molar-refractivity contribution is -0.159. The van der Waals surface area contributed by atoms with E-state index >= 15 is 0 Å². The van der Waals surface area contributed by atoms with Crippen molar-refractivity contribution in [2.75, 3.05) is 0 Å². The quantitative estimate of drug-likeness (QED) is 0.495. The van der Waals surface area contributed by atoms with Crippen molar-refractivity contribution < 1.29 is 19.1 Å². The van der Waals surface area contributed by atoms with E-state index in [9.17, 15) is 14.4 Å². The zero-order valence-corrected chi connectivity index (χ0v) is 12.7. The highest BCUT2D eigenvalue weighted by Crippen LogP contribution is 2.07. The molecule has 1 N–H and O–H groups in total. The monoisotopic (exact) mass is 301 g/mol. The third-order valence-electron chi connectivity index (χ3n) is 2.80. The van der Waals surface area contributed by atoms with E-state index in [2.05, 4.69) is 18.5 Å².